The fourth-order valence-corrected chi connectivity index (χ4v) is 3.84. The molecule has 26 heavy (non-hydrogen) atoms. The van der Waals surface area contributed by atoms with Gasteiger partial charge in [-0.1, -0.05) is 53.0 Å². The number of anilines is 1. The predicted octanol–water partition coefficient (Wildman–Crippen LogP) is 4.32. The van der Waals surface area contributed by atoms with Crippen molar-refractivity contribution in [1.82, 2.24) is 5.32 Å². The summed E-state index contributed by atoms with van der Waals surface area (Å²) in [6.07, 6.45) is 0.250. The lowest BCUT2D eigenvalue weighted by atomic mass is 9.92. The molecule has 3 N–H and O–H groups in total. The topological polar surface area (TPSA) is 78.4 Å². The highest BCUT2D eigenvalue weighted by molar-refractivity contribution is 6.35. The zero-order valence-electron chi connectivity index (χ0n) is 13.4. The number of hydrogen-bond acceptors (Lipinski definition) is 3. The molecule has 0 fully saturated rings. The van der Waals surface area contributed by atoms with E-state index < -0.39 is 18.1 Å². The molecule has 0 aromatic heterocycles. The van der Waals surface area contributed by atoms with Gasteiger partial charge in [0.25, 0.3) is 0 Å². The number of carboxylic acids is 1. The van der Waals surface area contributed by atoms with Gasteiger partial charge in [-0.2, -0.15) is 0 Å². The minimum atomic E-state index is -1.02. The van der Waals surface area contributed by atoms with Gasteiger partial charge < -0.3 is 15.7 Å². The van der Waals surface area contributed by atoms with Crippen LogP contribution in [-0.4, -0.2) is 23.0 Å². The summed E-state index contributed by atoms with van der Waals surface area (Å²) < 4.78 is 0. The van der Waals surface area contributed by atoms with Crippen molar-refractivity contribution in [3.05, 3.63) is 62.6 Å². The second-order valence-corrected chi connectivity index (χ2v) is 7.26. The molecule has 5 nitrogen and oxygen atoms in total. The molecule has 2 aromatic rings. The molecule has 0 aliphatic carbocycles. The van der Waals surface area contributed by atoms with E-state index in [1.807, 2.05) is 0 Å². The number of aliphatic carboxylic acids is 1. The van der Waals surface area contributed by atoms with Crippen molar-refractivity contribution < 1.29 is 14.7 Å². The number of carbonyl (C=O) groups excluding carboxylic acids is 1. The Morgan fingerprint density at radius 1 is 1.15 bits per heavy atom. The lowest BCUT2D eigenvalue weighted by molar-refractivity contribution is -0.138. The quantitative estimate of drug-likeness (QED) is 0.698. The van der Waals surface area contributed by atoms with Crippen LogP contribution in [0.25, 0.3) is 0 Å². The number of fused-ring (bicyclic) bond motifs is 1. The minimum absolute atomic E-state index is 0.0852. The first-order chi connectivity index (χ1) is 12.3. The van der Waals surface area contributed by atoms with Gasteiger partial charge in [-0.25, -0.2) is 4.79 Å². The number of hydrogen-bond donors (Lipinski definition) is 3. The summed E-state index contributed by atoms with van der Waals surface area (Å²) in [5, 5.41) is 16.4. The van der Waals surface area contributed by atoms with Gasteiger partial charge in [-0.05, 0) is 23.8 Å². The van der Waals surface area contributed by atoms with Gasteiger partial charge in [0.2, 0.25) is 5.91 Å². The van der Waals surface area contributed by atoms with Crippen LogP contribution in [0.15, 0.2) is 36.4 Å². The third-order valence-electron chi connectivity index (χ3n) is 4.19. The van der Waals surface area contributed by atoms with Crippen molar-refractivity contribution in [2.75, 3.05) is 5.32 Å². The summed E-state index contributed by atoms with van der Waals surface area (Å²) >= 11 is 18.4. The molecule has 1 aliphatic heterocycles. The molecule has 0 saturated carbocycles. The molecule has 0 saturated heterocycles. The van der Waals surface area contributed by atoms with Gasteiger partial charge in [0.15, 0.2) is 0 Å². The second-order valence-electron chi connectivity index (χ2n) is 6.01. The maximum absolute atomic E-state index is 12.5. The molecule has 0 bridgehead atoms. The Bertz CT molecular complexity index is 873. The van der Waals surface area contributed by atoms with Crippen molar-refractivity contribution in [2.24, 2.45) is 0 Å². The second kappa shape index (κ2) is 7.74. The molecule has 136 valence electrons. The molecule has 3 rings (SSSR count). The Hall–Kier alpha value is -1.95. The highest BCUT2D eigenvalue weighted by Gasteiger charge is 2.33. The van der Waals surface area contributed by atoms with Crippen LogP contribution < -0.4 is 10.6 Å². The number of halogens is 3. The minimum Gasteiger partial charge on any atom is -0.480 e. The molecule has 0 radical (unpaired) electrons. The fourth-order valence-electron chi connectivity index (χ4n) is 3.01. The Kier molecular flexibility index (Phi) is 5.61. The average molecular weight is 414 g/mol. The van der Waals surface area contributed by atoms with E-state index in [2.05, 4.69) is 10.6 Å². The van der Waals surface area contributed by atoms with E-state index in [1.165, 1.54) is 0 Å². The number of carbonyl (C=O) groups is 2. The van der Waals surface area contributed by atoms with Crippen LogP contribution in [0, 0.1) is 0 Å². The summed E-state index contributed by atoms with van der Waals surface area (Å²) in [6.45, 7) is 0. The van der Waals surface area contributed by atoms with E-state index in [0.717, 1.165) is 0 Å². The average Bonchev–Trinajstić information content (AvgIpc) is 2.55. The Morgan fingerprint density at radius 3 is 2.58 bits per heavy atom. The molecule has 2 unspecified atom stereocenters. The van der Waals surface area contributed by atoms with Crippen LogP contribution in [-0.2, 0) is 16.0 Å². The van der Waals surface area contributed by atoms with Gasteiger partial charge in [0.05, 0.1) is 12.5 Å². The third-order valence-corrected chi connectivity index (χ3v) is 5.09. The normalized spacial score (nSPS) is 18.6. The van der Waals surface area contributed by atoms with Crippen LogP contribution in [0.1, 0.15) is 23.6 Å². The SMILES string of the molecule is O=C(Cc1ccccc1Cl)NC1CC(C(=O)O)Nc2cc(Cl)cc(Cl)c21. The summed E-state index contributed by atoms with van der Waals surface area (Å²) in [4.78, 5) is 23.9. The first kappa shape index (κ1) is 18.8. The number of nitrogens with one attached hydrogen (secondary N) is 2. The van der Waals surface area contributed by atoms with Crippen molar-refractivity contribution in [3.63, 3.8) is 0 Å². The molecule has 2 atom stereocenters. The first-order valence-corrected chi connectivity index (χ1v) is 8.99. The monoisotopic (exact) mass is 412 g/mol. The van der Waals surface area contributed by atoms with E-state index in [9.17, 15) is 14.7 Å². The van der Waals surface area contributed by atoms with E-state index in [4.69, 9.17) is 34.8 Å². The zero-order valence-corrected chi connectivity index (χ0v) is 15.7. The molecular formula is C18H15Cl3N2O3. The van der Waals surface area contributed by atoms with Gasteiger partial charge in [0, 0.05) is 32.7 Å². The van der Waals surface area contributed by atoms with E-state index in [-0.39, 0.29) is 18.7 Å². The maximum Gasteiger partial charge on any atom is 0.326 e. The molecule has 8 heteroatoms. The lowest BCUT2D eigenvalue weighted by Gasteiger charge is -2.32. The van der Waals surface area contributed by atoms with Crippen molar-refractivity contribution in [1.29, 1.82) is 0 Å². The highest BCUT2D eigenvalue weighted by Crippen LogP contribution is 2.39. The molecular weight excluding hydrogens is 399 g/mol. The Labute approximate surface area is 165 Å². The number of rotatable bonds is 4. The van der Waals surface area contributed by atoms with Crippen LogP contribution in [0.2, 0.25) is 15.1 Å². The van der Waals surface area contributed by atoms with Gasteiger partial charge in [0.1, 0.15) is 6.04 Å². The van der Waals surface area contributed by atoms with Gasteiger partial charge >= 0.3 is 5.97 Å². The maximum atomic E-state index is 12.5. The van der Waals surface area contributed by atoms with Crippen LogP contribution in [0.3, 0.4) is 0 Å². The van der Waals surface area contributed by atoms with Crippen molar-refractivity contribution in [3.8, 4) is 0 Å². The highest BCUT2D eigenvalue weighted by atomic mass is 35.5. The molecule has 0 spiro atoms. The Morgan fingerprint density at radius 2 is 1.88 bits per heavy atom. The summed E-state index contributed by atoms with van der Waals surface area (Å²) in [5.74, 6) is -1.29. The van der Waals surface area contributed by atoms with E-state index in [0.29, 0.717) is 31.9 Å². The first-order valence-electron chi connectivity index (χ1n) is 7.86. The largest absolute Gasteiger partial charge is 0.480 e. The Balaban J connectivity index is 1.85. The van der Waals surface area contributed by atoms with E-state index >= 15 is 0 Å². The molecule has 1 amide bonds. The number of amides is 1. The smallest absolute Gasteiger partial charge is 0.326 e. The zero-order chi connectivity index (χ0) is 18.8. The van der Waals surface area contributed by atoms with Crippen LogP contribution in [0.5, 0.6) is 0 Å². The predicted molar refractivity (Wildman–Crippen MR) is 102 cm³/mol. The van der Waals surface area contributed by atoms with Crippen molar-refractivity contribution >= 4 is 52.4 Å². The standard InChI is InChI=1S/C18H15Cl3N2O3/c19-10-6-12(21)17-13(7-10)22-15(18(25)26)8-14(17)23-16(24)5-9-3-1-2-4-11(9)20/h1-4,6-7,14-15,22H,5,8H2,(H,23,24)(H,25,26). The summed E-state index contributed by atoms with van der Waals surface area (Å²) in [7, 11) is 0. The van der Waals surface area contributed by atoms with Gasteiger partial charge in [-0.15, -0.1) is 0 Å². The summed E-state index contributed by atoms with van der Waals surface area (Å²) in [5.41, 5.74) is 1.82. The van der Waals surface area contributed by atoms with E-state index in [1.54, 1.807) is 36.4 Å². The third kappa shape index (κ3) is 4.06. The molecule has 2 aromatic carbocycles. The fraction of sp³-hybridized carbons (Fsp3) is 0.222. The van der Waals surface area contributed by atoms with Crippen LogP contribution in [0.4, 0.5) is 5.69 Å². The molecule has 1 aliphatic rings. The van der Waals surface area contributed by atoms with Crippen LogP contribution >= 0.6 is 34.8 Å². The van der Waals surface area contributed by atoms with Crippen molar-refractivity contribution in [2.45, 2.75) is 24.9 Å². The lowest BCUT2D eigenvalue weighted by Crippen LogP contribution is -2.41. The summed E-state index contributed by atoms with van der Waals surface area (Å²) in [6, 6.07) is 8.83. The number of carboxylic acid groups (broad SMARTS) is 1. The number of benzene rings is 2. The molecule has 1 heterocycles. The van der Waals surface area contributed by atoms with Gasteiger partial charge in [-0.3, -0.25) is 4.79 Å².